The molecule has 0 spiro atoms. The lowest BCUT2D eigenvalue weighted by molar-refractivity contribution is 0.0650. The van der Waals surface area contributed by atoms with Crippen LogP contribution in [0.15, 0.2) is 48.5 Å². The highest BCUT2D eigenvalue weighted by molar-refractivity contribution is 6.21. The highest BCUT2D eigenvalue weighted by Crippen LogP contribution is 2.22. The minimum atomic E-state index is -0.395. The summed E-state index contributed by atoms with van der Waals surface area (Å²) in [5, 5.41) is 3.53. The van der Waals surface area contributed by atoms with Gasteiger partial charge < -0.3 is 5.32 Å². The fourth-order valence-electron chi connectivity index (χ4n) is 2.71. The number of para-hydroxylation sites is 1. The first-order valence-electron chi connectivity index (χ1n) is 7.62. The highest BCUT2D eigenvalue weighted by atomic mass is 16.2. The number of fused-ring (bicyclic) bond motifs is 1. The van der Waals surface area contributed by atoms with Crippen LogP contribution in [0.1, 0.15) is 31.1 Å². The molecule has 3 amide bonds. The van der Waals surface area contributed by atoms with E-state index in [1.165, 1.54) is 0 Å². The summed E-state index contributed by atoms with van der Waals surface area (Å²) in [6.45, 7) is 0.197. The molecule has 8 nitrogen and oxygen atoms in total. The molecular weight excluding hydrogens is 322 g/mol. The molecule has 1 aliphatic heterocycles. The predicted molar refractivity (Wildman–Crippen MR) is 91.4 cm³/mol. The molecule has 0 saturated carbocycles. The second kappa shape index (κ2) is 6.71. The first-order valence-corrected chi connectivity index (χ1v) is 7.62. The van der Waals surface area contributed by atoms with E-state index < -0.39 is 5.91 Å². The molecule has 0 aliphatic carbocycles. The normalized spacial score (nSPS) is 13.0. The van der Waals surface area contributed by atoms with Crippen molar-refractivity contribution in [1.82, 2.24) is 10.2 Å². The first-order chi connectivity index (χ1) is 12.0. The zero-order valence-corrected chi connectivity index (χ0v) is 13.3. The van der Waals surface area contributed by atoms with Crippen LogP contribution in [0, 0.1) is 0 Å². The quantitative estimate of drug-likeness (QED) is 0.408. The number of benzene rings is 2. The standard InChI is InChI=1S/C17H17N5O3/c18-22(19)14-8-4-3-7-13(14)15(23)20-9-10-21-16(24)11-5-1-2-6-12(11)17(21)25/h1-8H,9-10,18-19H2,(H,20,23). The summed E-state index contributed by atoms with van der Waals surface area (Å²) in [6.07, 6.45) is 0. The van der Waals surface area contributed by atoms with Gasteiger partial charge >= 0.3 is 0 Å². The molecule has 8 heteroatoms. The van der Waals surface area contributed by atoms with Crippen molar-refractivity contribution < 1.29 is 14.4 Å². The maximum atomic E-state index is 12.3. The van der Waals surface area contributed by atoms with Crippen LogP contribution in [0.5, 0.6) is 0 Å². The van der Waals surface area contributed by atoms with E-state index >= 15 is 0 Å². The summed E-state index contributed by atoms with van der Waals surface area (Å²) < 4.78 is 0. The third kappa shape index (κ3) is 3.08. The SMILES string of the molecule is NN(N)c1ccccc1C(=O)NCCN1C(=O)c2ccccc2C1=O. The fraction of sp³-hybridized carbons (Fsp3) is 0.118. The molecule has 0 unspecified atom stereocenters. The van der Waals surface area contributed by atoms with Crippen molar-refractivity contribution in [2.24, 2.45) is 11.7 Å². The number of nitrogens with zero attached hydrogens (tertiary/aromatic N) is 2. The van der Waals surface area contributed by atoms with Crippen LogP contribution in [-0.2, 0) is 0 Å². The molecule has 128 valence electrons. The van der Waals surface area contributed by atoms with Crippen molar-refractivity contribution in [3.05, 3.63) is 65.2 Å². The van der Waals surface area contributed by atoms with E-state index in [2.05, 4.69) is 5.32 Å². The maximum absolute atomic E-state index is 12.3. The second-order valence-electron chi connectivity index (χ2n) is 5.49. The zero-order valence-electron chi connectivity index (χ0n) is 13.3. The van der Waals surface area contributed by atoms with Crippen LogP contribution in [-0.4, -0.2) is 35.7 Å². The van der Waals surface area contributed by atoms with Gasteiger partial charge in [0.15, 0.2) is 0 Å². The number of nitrogens with one attached hydrogen (secondary N) is 1. The lowest BCUT2D eigenvalue weighted by Gasteiger charge is -2.17. The van der Waals surface area contributed by atoms with Gasteiger partial charge in [-0.1, -0.05) is 24.3 Å². The number of carbonyl (C=O) groups is 3. The third-order valence-electron chi connectivity index (χ3n) is 3.93. The van der Waals surface area contributed by atoms with Crippen molar-refractivity contribution in [3.8, 4) is 0 Å². The van der Waals surface area contributed by atoms with Crippen LogP contribution in [0.4, 0.5) is 5.69 Å². The van der Waals surface area contributed by atoms with E-state index in [-0.39, 0.29) is 24.9 Å². The Balaban J connectivity index is 1.64. The Labute approximate surface area is 143 Å². The second-order valence-corrected chi connectivity index (χ2v) is 5.49. The molecule has 25 heavy (non-hydrogen) atoms. The number of anilines is 1. The van der Waals surface area contributed by atoms with Gasteiger partial charge in [-0.25, -0.2) is 16.8 Å². The van der Waals surface area contributed by atoms with Gasteiger partial charge in [0.25, 0.3) is 17.7 Å². The molecule has 0 atom stereocenters. The molecule has 2 aromatic carbocycles. The number of nitrogens with two attached hydrogens (primary N) is 2. The average molecular weight is 339 g/mol. The van der Waals surface area contributed by atoms with Crippen LogP contribution < -0.4 is 22.1 Å². The van der Waals surface area contributed by atoms with E-state index in [1.807, 2.05) is 0 Å². The number of hydrogen-bond donors (Lipinski definition) is 3. The van der Waals surface area contributed by atoms with Gasteiger partial charge in [0.2, 0.25) is 0 Å². The van der Waals surface area contributed by atoms with Gasteiger partial charge in [0.1, 0.15) is 0 Å². The monoisotopic (exact) mass is 339 g/mol. The molecule has 0 fully saturated rings. The van der Waals surface area contributed by atoms with Crippen molar-refractivity contribution >= 4 is 23.4 Å². The minimum absolute atomic E-state index is 0.0786. The van der Waals surface area contributed by atoms with Crippen LogP contribution in [0.3, 0.4) is 0 Å². The lowest BCUT2D eigenvalue weighted by Crippen LogP contribution is -2.41. The number of rotatable bonds is 5. The molecule has 0 bridgehead atoms. The van der Waals surface area contributed by atoms with E-state index in [9.17, 15) is 14.4 Å². The Kier molecular flexibility index (Phi) is 4.46. The molecular formula is C17H17N5O3. The minimum Gasteiger partial charge on any atom is -0.350 e. The number of imide groups is 1. The molecule has 1 heterocycles. The van der Waals surface area contributed by atoms with Crippen LogP contribution in [0.25, 0.3) is 0 Å². The number of amides is 3. The predicted octanol–water partition coefficient (Wildman–Crippen LogP) is 0.266. The highest BCUT2D eigenvalue weighted by Gasteiger charge is 2.34. The van der Waals surface area contributed by atoms with E-state index in [4.69, 9.17) is 11.7 Å². The number of hydrazine groups is 2. The molecule has 0 aromatic heterocycles. The Morgan fingerprint density at radius 1 is 0.960 bits per heavy atom. The number of hydrogen-bond acceptors (Lipinski definition) is 6. The molecule has 1 aliphatic rings. The summed E-state index contributed by atoms with van der Waals surface area (Å²) in [4.78, 5) is 37.9. The topological polar surface area (TPSA) is 122 Å². The molecule has 0 radical (unpaired) electrons. The van der Waals surface area contributed by atoms with E-state index in [1.54, 1.807) is 48.5 Å². The van der Waals surface area contributed by atoms with Crippen LogP contribution in [0.2, 0.25) is 0 Å². The van der Waals surface area contributed by atoms with Crippen LogP contribution >= 0.6 is 0 Å². The van der Waals surface area contributed by atoms with Gasteiger partial charge in [-0.2, -0.15) is 0 Å². The average Bonchev–Trinajstić information content (AvgIpc) is 2.86. The lowest BCUT2D eigenvalue weighted by atomic mass is 10.1. The Hall–Kier alpha value is -3.23. The van der Waals surface area contributed by atoms with Crippen molar-refractivity contribution in [1.29, 1.82) is 0 Å². The summed E-state index contributed by atoms with van der Waals surface area (Å²) in [7, 11) is 0. The smallest absolute Gasteiger partial charge is 0.261 e. The van der Waals surface area contributed by atoms with E-state index in [0.717, 1.165) is 10.0 Å². The van der Waals surface area contributed by atoms with Gasteiger partial charge in [0.05, 0.1) is 22.4 Å². The van der Waals surface area contributed by atoms with Gasteiger partial charge in [-0.15, -0.1) is 0 Å². The Morgan fingerprint density at radius 3 is 2.12 bits per heavy atom. The molecule has 3 rings (SSSR count). The van der Waals surface area contributed by atoms with Crippen molar-refractivity contribution in [3.63, 3.8) is 0 Å². The van der Waals surface area contributed by atoms with Crippen molar-refractivity contribution in [2.45, 2.75) is 0 Å². The van der Waals surface area contributed by atoms with Crippen molar-refractivity contribution in [2.75, 3.05) is 18.2 Å². The first kappa shape index (κ1) is 16.6. The third-order valence-corrected chi connectivity index (χ3v) is 3.93. The molecule has 2 aromatic rings. The largest absolute Gasteiger partial charge is 0.350 e. The summed E-state index contributed by atoms with van der Waals surface area (Å²) in [5.41, 5.74) is 1.42. The number of carbonyl (C=O) groups excluding carboxylic acids is 3. The Morgan fingerprint density at radius 2 is 1.52 bits per heavy atom. The molecule has 5 N–H and O–H groups in total. The van der Waals surface area contributed by atoms with E-state index in [0.29, 0.717) is 22.4 Å². The van der Waals surface area contributed by atoms with Gasteiger partial charge in [-0.3, -0.25) is 19.3 Å². The summed E-state index contributed by atoms with van der Waals surface area (Å²) >= 11 is 0. The molecule has 0 saturated heterocycles. The Bertz CT molecular complexity index is 815. The fourth-order valence-corrected chi connectivity index (χ4v) is 2.71. The summed E-state index contributed by atoms with van der Waals surface area (Å²) in [6, 6.07) is 13.2. The van der Waals surface area contributed by atoms with Gasteiger partial charge in [-0.05, 0) is 24.3 Å². The summed E-state index contributed by atoms with van der Waals surface area (Å²) in [5.74, 6) is 9.89. The maximum Gasteiger partial charge on any atom is 0.261 e. The van der Waals surface area contributed by atoms with Gasteiger partial charge in [0, 0.05) is 13.1 Å². The zero-order chi connectivity index (χ0) is 18.0.